The van der Waals surface area contributed by atoms with Crippen LogP contribution in [0.1, 0.15) is 28.5 Å². The number of carbonyl (C=O) groups excluding carboxylic acids is 1. The summed E-state index contributed by atoms with van der Waals surface area (Å²) < 4.78 is 5.89. The molecule has 0 saturated carbocycles. The number of nitrogens with one attached hydrogen (secondary N) is 1. The molecule has 4 aromatic carbocycles. The van der Waals surface area contributed by atoms with E-state index in [-0.39, 0.29) is 5.91 Å². The van der Waals surface area contributed by atoms with E-state index in [4.69, 9.17) is 4.42 Å². The average Bonchev–Trinajstić information content (AvgIpc) is 3.23. The summed E-state index contributed by atoms with van der Waals surface area (Å²) in [5.41, 5.74) is 5.16. The summed E-state index contributed by atoms with van der Waals surface area (Å²) in [6.45, 7) is 0. The van der Waals surface area contributed by atoms with Crippen molar-refractivity contribution in [3.8, 4) is 0 Å². The molecule has 0 atom stereocenters. The maximum absolute atomic E-state index is 13.3. The molecule has 0 saturated heterocycles. The van der Waals surface area contributed by atoms with Crippen LogP contribution in [0, 0.1) is 0 Å². The summed E-state index contributed by atoms with van der Waals surface area (Å²) in [6.07, 6.45) is 0.626. The summed E-state index contributed by atoms with van der Waals surface area (Å²) in [6, 6.07) is 35.3. The lowest BCUT2D eigenvalue weighted by Gasteiger charge is -2.18. The second-order valence-corrected chi connectivity index (χ2v) is 7.70. The zero-order chi connectivity index (χ0) is 21.8. The Morgan fingerprint density at radius 1 is 0.781 bits per heavy atom. The largest absolute Gasteiger partial charge is 0.440 e. The molecule has 32 heavy (non-hydrogen) atoms. The van der Waals surface area contributed by atoms with Crippen LogP contribution in [0.4, 0.5) is 5.69 Å². The van der Waals surface area contributed by atoms with E-state index in [0.29, 0.717) is 23.6 Å². The lowest BCUT2D eigenvalue weighted by molar-refractivity contribution is -0.116. The van der Waals surface area contributed by atoms with Crippen molar-refractivity contribution in [1.29, 1.82) is 0 Å². The van der Waals surface area contributed by atoms with Crippen molar-refractivity contribution in [3.63, 3.8) is 0 Å². The number of amides is 1. The number of hydrogen-bond donors (Lipinski definition) is 1. The van der Waals surface area contributed by atoms with Gasteiger partial charge >= 0.3 is 0 Å². The van der Waals surface area contributed by atoms with Crippen LogP contribution in [0.2, 0.25) is 0 Å². The van der Waals surface area contributed by atoms with E-state index in [9.17, 15) is 4.79 Å². The van der Waals surface area contributed by atoms with Gasteiger partial charge in [-0.1, -0.05) is 91.0 Å². The van der Waals surface area contributed by atoms with Gasteiger partial charge in [-0.2, -0.15) is 0 Å². The number of hydrogen-bond acceptors (Lipinski definition) is 3. The molecule has 0 spiro atoms. The van der Waals surface area contributed by atoms with Gasteiger partial charge in [-0.15, -0.1) is 0 Å². The number of benzene rings is 4. The first kappa shape index (κ1) is 19.8. The van der Waals surface area contributed by atoms with Crippen LogP contribution < -0.4 is 5.32 Å². The lowest BCUT2D eigenvalue weighted by Crippen LogP contribution is -2.22. The normalized spacial score (nSPS) is 11.0. The van der Waals surface area contributed by atoms with Gasteiger partial charge in [0.1, 0.15) is 5.52 Å². The van der Waals surface area contributed by atoms with Crippen LogP contribution in [0.5, 0.6) is 0 Å². The smallest absolute Gasteiger partial charge is 0.236 e. The lowest BCUT2D eigenvalue weighted by atomic mass is 9.90. The van der Waals surface area contributed by atoms with Gasteiger partial charge in [-0.25, -0.2) is 4.98 Å². The second-order valence-electron chi connectivity index (χ2n) is 7.70. The molecule has 4 nitrogen and oxygen atoms in total. The molecular weight excluding hydrogens is 396 g/mol. The van der Waals surface area contributed by atoms with Gasteiger partial charge in [0.2, 0.25) is 5.91 Å². The molecule has 0 aliphatic rings. The Bertz CT molecular complexity index is 1290. The predicted octanol–water partition coefficient (Wildman–Crippen LogP) is 6.19. The van der Waals surface area contributed by atoms with E-state index in [0.717, 1.165) is 22.2 Å². The molecule has 0 aliphatic heterocycles. The SMILES string of the molecule is O=C(Nc1ccc2oc(Cc3ccccc3)nc2c1)C(c1ccccc1)c1ccccc1. The first-order valence-corrected chi connectivity index (χ1v) is 10.6. The highest BCUT2D eigenvalue weighted by Gasteiger charge is 2.23. The summed E-state index contributed by atoms with van der Waals surface area (Å²) in [7, 11) is 0. The van der Waals surface area contributed by atoms with Crippen LogP contribution in [-0.4, -0.2) is 10.9 Å². The molecule has 4 heteroatoms. The van der Waals surface area contributed by atoms with E-state index in [1.54, 1.807) is 0 Å². The topological polar surface area (TPSA) is 55.1 Å². The number of fused-ring (bicyclic) bond motifs is 1. The Hall–Kier alpha value is -4.18. The van der Waals surface area contributed by atoms with Gasteiger partial charge in [-0.05, 0) is 34.9 Å². The minimum absolute atomic E-state index is 0.0882. The highest BCUT2D eigenvalue weighted by molar-refractivity contribution is 5.99. The van der Waals surface area contributed by atoms with Gasteiger partial charge in [-0.3, -0.25) is 4.79 Å². The first-order valence-electron chi connectivity index (χ1n) is 10.6. The first-order chi connectivity index (χ1) is 15.8. The van der Waals surface area contributed by atoms with Crippen LogP contribution in [0.15, 0.2) is 114 Å². The van der Waals surface area contributed by atoms with E-state index in [1.807, 2.05) is 109 Å². The average molecular weight is 418 g/mol. The number of carbonyl (C=O) groups is 1. The molecule has 1 amide bonds. The molecule has 1 N–H and O–H groups in total. The van der Waals surface area contributed by atoms with Crippen LogP contribution in [0.3, 0.4) is 0 Å². The number of aromatic nitrogens is 1. The summed E-state index contributed by atoms with van der Waals surface area (Å²) in [5, 5.41) is 3.07. The third-order valence-electron chi connectivity index (χ3n) is 5.43. The van der Waals surface area contributed by atoms with Crippen molar-refractivity contribution in [2.75, 3.05) is 5.32 Å². The van der Waals surface area contributed by atoms with E-state index < -0.39 is 5.92 Å². The second kappa shape index (κ2) is 8.90. The zero-order valence-electron chi connectivity index (χ0n) is 17.4. The third kappa shape index (κ3) is 4.30. The van der Waals surface area contributed by atoms with Crippen molar-refractivity contribution in [2.24, 2.45) is 0 Å². The Morgan fingerprint density at radius 2 is 1.38 bits per heavy atom. The minimum atomic E-state index is -0.404. The highest BCUT2D eigenvalue weighted by atomic mass is 16.3. The monoisotopic (exact) mass is 418 g/mol. The molecule has 0 bridgehead atoms. The van der Waals surface area contributed by atoms with Crippen molar-refractivity contribution in [2.45, 2.75) is 12.3 Å². The number of rotatable bonds is 6. The van der Waals surface area contributed by atoms with Gasteiger partial charge < -0.3 is 9.73 Å². The molecule has 156 valence electrons. The van der Waals surface area contributed by atoms with Gasteiger partial charge in [0.15, 0.2) is 11.5 Å². The molecule has 0 aliphatic carbocycles. The quantitative estimate of drug-likeness (QED) is 0.358. The van der Waals surface area contributed by atoms with E-state index >= 15 is 0 Å². The summed E-state index contributed by atoms with van der Waals surface area (Å²) in [5.74, 6) is 0.162. The fourth-order valence-electron chi connectivity index (χ4n) is 3.90. The minimum Gasteiger partial charge on any atom is -0.440 e. The van der Waals surface area contributed by atoms with Crippen molar-refractivity contribution >= 4 is 22.7 Å². The maximum Gasteiger partial charge on any atom is 0.236 e. The van der Waals surface area contributed by atoms with Crippen molar-refractivity contribution < 1.29 is 9.21 Å². The van der Waals surface area contributed by atoms with Crippen LogP contribution >= 0.6 is 0 Å². The molecule has 1 heterocycles. The molecule has 5 aromatic rings. The molecular formula is C28H22N2O2. The Kier molecular flexibility index (Phi) is 5.50. The third-order valence-corrected chi connectivity index (χ3v) is 5.43. The van der Waals surface area contributed by atoms with Crippen molar-refractivity contribution in [1.82, 2.24) is 4.98 Å². The van der Waals surface area contributed by atoms with E-state index in [1.165, 1.54) is 0 Å². The number of oxazole rings is 1. The molecule has 0 radical (unpaired) electrons. The van der Waals surface area contributed by atoms with Crippen molar-refractivity contribution in [3.05, 3.63) is 132 Å². The van der Waals surface area contributed by atoms with Crippen LogP contribution in [0.25, 0.3) is 11.1 Å². The Labute approximate surface area is 186 Å². The fourth-order valence-corrected chi connectivity index (χ4v) is 3.90. The van der Waals surface area contributed by atoms with Gasteiger partial charge in [0.05, 0.1) is 5.92 Å². The Balaban J connectivity index is 1.40. The van der Waals surface area contributed by atoms with Gasteiger partial charge in [0, 0.05) is 12.1 Å². The standard InChI is InChI=1S/C28H22N2O2/c31-28(27(21-12-6-2-7-13-21)22-14-8-3-9-15-22)29-23-16-17-25-24(19-23)30-26(32-25)18-20-10-4-1-5-11-20/h1-17,19,27H,18H2,(H,29,31). The van der Waals surface area contributed by atoms with Crippen LogP contribution in [-0.2, 0) is 11.2 Å². The van der Waals surface area contributed by atoms with Gasteiger partial charge in [0.25, 0.3) is 0 Å². The molecule has 0 fully saturated rings. The molecule has 0 unspecified atom stereocenters. The van der Waals surface area contributed by atoms with E-state index in [2.05, 4.69) is 10.3 Å². The number of nitrogens with zero attached hydrogens (tertiary/aromatic N) is 1. The Morgan fingerprint density at radius 3 is 2.00 bits per heavy atom. The molecule has 5 rings (SSSR count). The fraction of sp³-hybridized carbons (Fsp3) is 0.0714. The predicted molar refractivity (Wildman–Crippen MR) is 127 cm³/mol. The maximum atomic E-state index is 13.3. The summed E-state index contributed by atoms with van der Waals surface area (Å²) >= 11 is 0. The number of anilines is 1. The highest BCUT2D eigenvalue weighted by Crippen LogP contribution is 2.27. The zero-order valence-corrected chi connectivity index (χ0v) is 17.4. The summed E-state index contributed by atoms with van der Waals surface area (Å²) in [4.78, 5) is 18.0. The molecule has 1 aromatic heterocycles.